The van der Waals surface area contributed by atoms with Gasteiger partial charge in [-0.3, -0.25) is 4.79 Å². The fourth-order valence-electron chi connectivity index (χ4n) is 2.44. The molecule has 1 amide bonds. The van der Waals surface area contributed by atoms with E-state index in [1.807, 2.05) is 24.3 Å². The Morgan fingerprint density at radius 3 is 2.96 bits per heavy atom. The summed E-state index contributed by atoms with van der Waals surface area (Å²) in [7, 11) is 0. The standard InChI is InChI=1S/C18H17N3O3/c19-10-14-8-7-13(11-20-14)18(22)21-16-5-1-2-6-17(16)24-12-15-4-3-9-23-15/h1-2,5-8,11,15H,3-4,9,12H2,(H,21,22). The number of amides is 1. The molecule has 2 heterocycles. The first-order valence-electron chi connectivity index (χ1n) is 7.77. The zero-order chi connectivity index (χ0) is 16.8. The van der Waals surface area contributed by atoms with Crippen LogP contribution in [0.25, 0.3) is 0 Å². The maximum atomic E-state index is 12.3. The van der Waals surface area contributed by atoms with E-state index in [4.69, 9.17) is 14.7 Å². The van der Waals surface area contributed by atoms with E-state index in [1.165, 1.54) is 12.3 Å². The van der Waals surface area contributed by atoms with Gasteiger partial charge in [0.1, 0.15) is 24.1 Å². The number of pyridine rings is 1. The minimum Gasteiger partial charge on any atom is -0.489 e. The zero-order valence-corrected chi connectivity index (χ0v) is 13.1. The molecular weight excluding hydrogens is 306 g/mol. The summed E-state index contributed by atoms with van der Waals surface area (Å²) in [6.45, 7) is 1.24. The number of carbonyl (C=O) groups is 1. The van der Waals surface area contributed by atoms with Gasteiger partial charge >= 0.3 is 0 Å². The summed E-state index contributed by atoms with van der Waals surface area (Å²) in [4.78, 5) is 16.2. The summed E-state index contributed by atoms with van der Waals surface area (Å²) in [6.07, 6.45) is 3.53. The summed E-state index contributed by atoms with van der Waals surface area (Å²) in [5, 5.41) is 11.6. The van der Waals surface area contributed by atoms with Crippen LogP contribution >= 0.6 is 0 Å². The van der Waals surface area contributed by atoms with Gasteiger partial charge in [0.2, 0.25) is 0 Å². The average molecular weight is 323 g/mol. The Hall–Kier alpha value is -2.91. The minimum atomic E-state index is -0.305. The second kappa shape index (κ2) is 7.57. The first-order valence-corrected chi connectivity index (χ1v) is 7.77. The van der Waals surface area contributed by atoms with Crippen LogP contribution in [0.5, 0.6) is 5.75 Å². The molecule has 1 aromatic carbocycles. The Labute approximate surface area is 140 Å². The van der Waals surface area contributed by atoms with Gasteiger partial charge in [0, 0.05) is 12.8 Å². The number of benzene rings is 1. The number of para-hydroxylation sites is 2. The number of hydrogen-bond acceptors (Lipinski definition) is 5. The van der Waals surface area contributed by atoms with Gasteiger partial charge in [-0.2, -0.15) is 5.26 Å². The largest absolute Gasteiger partial charge is 0.489 e. The van der Waals surface area contributed by atoms with Crippen molar-refractivity contribution in [1.29, 1.82) is 5.26 Å². The molecule has 1 unspecified atom stereocenters. The Morgan fingerprint density at radius 1 is 1.38 bits per heavy atom. The maximum absolute atomic E-state index is 12.3. The van der Waals surface area contributed by atoms with Crippen LogP contribution in [0.2, 0.25) is 0 Å². The van der Waals surface area contributed by atoms with E-state index in [2.05, 4.69) is 10.3 Å². The van der Waals surface area contributed by atoms with Crippen molar-refractivity contribution < 1.29 is 14.3 Å². The number of aromatic nitrogens is 1. The molecule has 1 aromatic heterocycles. The van der Waals surface area contributed by atoms with Crippen LogP contribution in [0.1, 0.15) is 28.9 Å². The van der Waals surface area contributed by atoms with E-state index in [0.29, 0.717) is 23.6 Å². The first-order chi connectivity index (χ1) is 11.8. The number of nitrogens with one attached hydrogen (secondary N) is 1. The van der Waals surface area contributed by atoms with Crippen molar-refractivity contribution in [1.82, 2.24) is 4.98 Å². The highest BCUT2D eigenvalue weighted by atomic mass is 16.5. The summed E-state index contributed by atoms with van der Waals surface area (Å²) in [5.74, 6) is 0.295. The Morgan fingerprint density at radius 2 is 2.25 bits per heavy atom. The van der Waals surface area contributed by atoms with Gasteiger partial charge in [-0.15, -0.1) is 0 Å². The van der Waals surface area contributed by atoms with Crippen LogP contribution < -0.4 is 10.1 Å². The molecular formula is C18H17N3O3. The van der Waals surface area contributed by atoms with Gasteiger partial charge in [0.05, 0.1) is 17.4 Å². The molecule has 0 bridgehead atoms. The monoisotopic (exact) mass is 323 g/mol. The smallest absolute Gasteiger partial charge is 0.257 e. The number of hydrogen-bond donors (Lipinski definition) is 1. The summed E-state index contributed by atoms with van der Waals surface area (Å²) in [5.41, 5.74) is 1.24. The summed E-state index contributed by atoms with van der Waals surface area (Å²) < 4.78 is 11.3. The molecule has 6 nitrogen and oxygen atoms in total. The lowest BCUT2D eigenvalue weighted by molar-refractivity contribution is 0.0682. The fraction of sp³-hybridized carbons (Fsp3) is 0.278. The van der Waals surface area contributed by atoms with E-state index in [0.717, 1.165) is 19.4 Å². The van der Waals surface area contributed by atoms with Crippen molar-refractivity contribution in [2.45, 2.75) is 18.9 Å². The predicted octanol–water partition coefficient (Wildman–Crippen LogP) is 2.76. The van der Waals surface area contributed by atoms with Crippen LogP contribution in [-0.2, 0) is 4.74 Å². The Kier molecular flexibility index (Phi) is 5.04. The van der Waals surface area contributed by atoms with Crippen LogP contribution in [0.15, 0.2) is 42.6 Å². The summed E-state index contributed by atoms with van der Waals surface area (Å²) >= 11 is 0. The van der Waals surface area contributed by atoms with Crippen molar-refractivity contribution in [2.24, 2.45) is 0 Å². The fourth-order valence-corrected chi connectivity index (χ4v) is 2.44. The molecule has 0 spiro atoms. The lowest BCUT2D eigenvalue weighted by Gasteiger charge is -2.15. The number of ether oxygens (including phenoxy) is 2. The predicted molar refractivity (Wildman–Crippen MR) is 87.8 cm³/mol. The molecule has 2 aromatic rings. The molecule has 1 fully saturated rings. The normalized spacial score (nSPS) is 16.4. The third-order valence-electron chi connectivity index (χ3n) is 3.72. The third kappa shape index (κ3) is 3.89. The Balaban J connectivity index is 1.67. The average Bonchev–Trinajstić information content (AvgIpc) is 3.14. The third-order valence-corrected chi connectivity index (χ3v) is 3.72. The van der Waals surface area contributed by atoms with E-state index in [9.17, 15) is 4.79 Å². The molecule has 3 rings (SSSR count). The number of anilines is 1. The number of rotatable bonds is 5. The van der Waals surface area contributed by atoms with Crippen LogP contribution in [0.3, 0.4) is 0 Å². The summed E-state index contributed by atoms with van der Waals surface area (Å²) in [6, 6.07) is 12.3. The van der Waals surface area contributed by atoms with Crippen molar-refractivity contribution in [3.8, 4) is 11.8 Å². The highest BCUT2D eigenvalue weighted by molar-refractivity contribution is 6.04. The van der Waals surface area contributed by atoms with Crippen molar-refractivity contribution in [3.63, 3.8) is 0 Å². The van der Waals surface area contributed by atoms with E-state index >= 15 is 0 Å². The highest BCUT2D eigenvalue weighted by Crippen LogP contribution is 2.25. The van der Waals surface area contributed by atoms with Gasteiger partial charge in [0.25, 0.3) is 5.91 Å². The minimum absolute atomic E-state index is 0.108. The van der Waals surface area contributed by atoms with E-state index in [-0.39, 0.29) is 17.7 Å². The maximum Gasteiger partial charge on any atom is 0.257 e. The van der Waals surface area contributed by atoms with Gasteiger partial charge in [-0.05, 0) is 37.1 Å². The topological polar surface area (TPSA) is 84.2 Å². The molecule has 1 N–H and O–H groups in total. The molecule has 6 heteroatoms. The van der Waals surface area contributed by atoms with Crippen molar-refractivity contribution in [3.05, 3.63) is 53.9 Å². The van der Waals surface area contributed by atoms with Crippen LogP contribution in [-0.4, -0.2) is 30.2 Å². The molecule has 1 aliphatic rings. The van der Waals surface area contributed by atoms with Gasteiger partial charge in [-0.1, -0.05) is 12.1 Å². The van der Waals surface area contributed by atoms with Crippen LogP contribution in [0.4, 0.5) is 5.69 Å². The van der Waals surface area contributed by atoms with Gasteiger partial charge in [-0.25, -0.2) is 4.98 Å². The lowest BCUT2D eigenvalue weighted by atomic mass is 10.2. The number of nitrogens with zero attached hydrogens (tertiary/aromatic N) is 2. The molecule has 0 saturated carbocycles. The van der Waals surface area contributed by atoms with E-state index < -0.39 is 0 Å². The first kappa shape index (κ1) is 16.0. The molecule has 1 atom stereocenters. The SMILES string of the molecule is N#Cc1ccc(C(=O)Nc2ccccc2OCC2CCCO2)cn1. The van der Waals surface area contributed by atoms with Gasteiger partial charge < -0.3 is 14.8 Å². The Bertz CT molecular complexity index is 747. The van der Waals surface area contributed by atoms with Gasteiger partial charge in [0.15, 0.2) is 0 Å². The molecule has 0 radical (unpaired) electrons. The van der Waals surface area contributed by atoms with Crippen molar-refractivity contribution >= 4 is 11.6 Å². The molecule has 0 aliphatic carbocycles. The second-order valence-electron chi connectivity index (χ2n) is 5.44. The molecule has 1 saturated heterocycles. The zero-order valence-electron chi connectivity index (χ0n) is 13.1. The highest BCUT2D eigenvalue weighted by Gasteiger charge is 2.17. The van der Waals surface area contributed by atoms with E-state index in [1.54, 1.807) is 12.1 Å². The van der Waals surface area contributed by atoms with Crippen LogP contribution in [0, 0.1) is 11.3 Å². The van der Waals surface area contributed by atoms with Crippen molar-refractivity contribution in [2.75, 3.05) is 18.5 Å². The molecule has 24 heavy (non-hydrogen) atoms. The number of carbonyl (C=O) groups excluding carboxylic acids is 1. The quantitative estimate of drug-likeness (QED) is 0.914. The second-order valence-corrected chi connectivity index (χ2v) is 5.44. The molecule has 122 valence electrons. The lowest BCUT2D eigenvalue weighted by Crippen LogP contribution is -2.18. The number of nitriles is 1. The molecule has 1 aliphatic heterocycles.